The van der Waals surface area contributed by atoms with Gasteiger partial charge in [-0.3, -0.25) is 9.59 Å². The van der Waals surface area contributed by atoms with Crippen molar-refractivity contribution in [1.82, 2.24) is 4.90 Å². The lowest BCUT2D eigenvalue weighted by atomic mass is 10.0. The number of carbonyl (C=O) groups is 2. The fourth-order valence-corrected chi connectivity index (χ4v) is 3.29. The second-order valence-electron chi connectivity index (χ2n) is 6.07. The number of para-hydroxylation sites is 1. The van der Waals surface area contributed by atoms with Crippen LogP contribution >= 0.6 is 0 Å². The highest BCUT2D eigenvalue weighted by molar-refractivity contribution is 5.97. The topological polar surface area (TPSA) is 49.4 Å². The van der Waals surface area contributed by atoms with E-state index in [0.717, 1.165) is 31.4 Å². The van der Waals surface area contributed by atoms with Crippen LogP contribution in [0.2, 0.25) is 0 Å². The summed E-state index contributed by atoms with van der Waals surface area (Å²) in [4.78, 5) is 26.7. The number of allylic oxidation sites excluding steroid dienone is 2. The summed E-state index contributed by atoms with van der Waals surface area (Å²) in [6.45, 7) is 0.697. The first-order valence-electron chi connectivity index (χ1n) is 8.06. The molecule has 116 valence electrons. The summed E-state index contributed by atoms with van der Waals surface area (Å²) in [6.07, 6.45) is 8.58. The van der Waals surface area contributed by atoms with E-state index in [1.165, 1.54) is 0 Å². The summed E-state index contributed by atoms with van der Waals surface area (Å²) in [7, 11) is 0. The Morgan fingerprint density at radius 1 is 1.18 bits per heavy atom. The van der Waals surface area contributed by atoms with Crippen LogP contribution in [0.1, 0.15) is 32.1 Å². The van der Waals surface area contributed by atoms with Crippen LogP contribution in [0.25, 0.3) is 0 Å². The fourth-order valence-electron chi connectivity index (χ4n) is 3.29. The molecule has 2 amide bonds. The SMILES string of the molecule is O=C(Nc1ccccc1)C1CCCN1C(=O)CC1C=CCC1. The largest absolute Gasteiger partial charge is 0.331 e. The number of carbonyl (C=O) groups excluding carboxylic acids is 2. The van der Waals surface area contributed by atoms with Crippen LogP contribution in [0, 0.1) is 5.92 Å². The number of hydrogen-bond donors (Lipinski definition) is 1. The zero-order valence-corrected chi connectivity index (χ0v) is 12.7. The van der Waals surface area contributed by atoms with Gasteiger partial charge in [-0.15, -0.1) is 0 Å². The van der Waals surface area contributed by atoms with E-state index >= 15 is 0 Å². The average molecular weight is 298 g/mol. The van der Waals surface area contributed by atoms with E-state index < -0.39 is 0 Å². The van der Waals surface area contributed by atoms with Gasteiger partial charge in [0, 0.05) is 18.7 Å². The zero-order valence-electron chi connectivity index (χ0n) is 12.7. The zero-order chi connectivity index (χ0) is 15.4. The Bertz CT molecular complexity index is 568. The third kappa shape index (κ3) is 3.38. The van der Waals surface area contributed by atoms with Crippen molar-refractivity contribution in [2.45, 2.75) is 38.1 Å². The average Bonchev–Trinajstić information content (AvgIpc) is 3.19. The number of amides is 2. The molecule has 1 aromatic carbocycles. The monoisotopic (exact) mass is 298 g/mol. The summed E-state index contributed by atoms with van der Waals surface area (Å²) in [6, 6.07) is 9.10. The van der Waals surface area contributed by atoms with Crippen molar-refractivity contribution >= 4 is 17.5 Å². The molecule has 1 saturated heterocycles. The first kappa shape index (κ1) is 14.8. The number of benzene rings is 1. The number of anilines is 1. The van der Waals surface area contributed by atoms with Gasteiger partial charge in [0.2, 0.25) is 11.8 Å². The Morgan fingerprint density at radius 3 is 2.73 bits per heavy atom. The molecule has 0 saturated carbocycles. The minimum absolute atomic E-state index is 0.0704. The number of likely N-dealkylation sites (tertiary alicyclic amines) is 1. The molecular weight excluding hydrogens is 276 g/mol. The first-order chi connectivity index (χ1) is 10.7. The van der Waals surface area contributed by atoms with Crippen LogP contribution in [0.15, 0.2) is 42.5 Å². The highest BCUT2D eigenvalue weighted by Gasteiger charge is 2.34. The molecule has 1 aliphatic heterocycles. The summed E-state index contributed by atoms with van der Waals surface area (Å²) < 4.78 is 0. The van der Waals surface area contributed by atoms with Gasteiger partial charge in [0.15, 0.2) is 0 Å². The predicted octanol–water partition coefficient (Wildman–Crippen LogP) is 2.97. The highest BCUT2D eigenvalue weighted by atomic mass is 16.2. The van der Waals surface area contributed by atoms with Crippen LogP contribution in [0.5, 0.6) is 0 Å². The third-order valence-corrected chi connectivity index (χ3v) is 4.47. The van der Waals surface area contributed by atoms with Crippen molar-refractivity contribution in [3.8, 4) is 0 Å². The van der Waals surface area contributed by atoms with Gasteiger partial charge in [-0.05, 0) is 43.7 Å². The molecule has 0 spiro atoms. The highest BCUT2D eigenvalue weighted by Crippen LogP contribution is 2.25. The van der Waals surface area contributed by atoms with E-state index in [0.29, 0.717) is 18.9 Å². The first-order valence-corrected chi connectivity index (χ1v) is 8.06. The Hall–Kier alpha value is -2.10. The van der Waals surface area contributed by atoms with Gasteiger partial charge in [-0.25, -0.2) is 0 Å². The summed E-state index contributed by atoms with van der Waals surface area (Å²) in [5.74, 6) is 0.396. The molecule has 22 heavy (non-hydrogen) atoms. The van der Waals surface area contributed by atoms with E-state index in [9.17, 15) is 9.59 Å². The molecule has 2 aliphatic rings. The van der Waals surface area contributed by atoms with E-state index in [2.05, 4.69) is 17.5 Å². The predicted molar refractivity (Wildman–Crippen MR) is 86.3 cm³/mol. The molecule has 0 bridgehead atoms. The molecule has 1 aliphatic carbocycles. The lowest BCUT2D eigenvalue weighted by molar-refractivity contribution is -0.137. The summed E-state index contributed by atoms with van der Waals surface area (Å²) in [5.41, 5.74) is 0.783. The second kappa shape index (κ2) is 6.77. The van der Waals surface area contributed by atoms with Crippen LogP contribution in [-0.4, -0.2) is 29.3 Å². The quantitative estimate of drug-likeness (QED) is 0.869. The maximum atomic E-state index is 12.5. The Labute approximate surface area is 131 Å². The van der Waals surface area contributed by atoms with Crippen LogP contribution < -0.4 is 5.32 Å². The number of nitrogens with zero attached hydrogens (tertiary/aromatic N) is 1. The van der Waals surface area contributed by atoms with Gasteiger partial charge < -0.3 is 10.2 Å². The molecule has 2 atom stereocenters. The Kier molecular flexibility index (Phi) is 4.56. The molecule has 1 aromatic rings. The molecule has 1 N–H and O–H groups in total. The Balaban J connectivity index is 1.60. The van der Waals surface area contributed by atoms with Crippen LogP contribution in [0.4, 0.5) is 5.69 Å². The molecule has 2 unspecified atom stereocenters. The van der Waals surface area contributed by atoms with Crippen molar-refractivity contribution < 1.29 is 9.59 Å². The van der Waals surface area contributed by atoms with Gasteiger partial charge >= 0.3 is 0 Å². The van der Waals surface area contributed by atoms with Gasteiger partial charge in [0.25, 0.3) is 0 Å². The van der Waals surface area contributed by atoms with Crippen molar-refractivity contribution in [2.75, 3.05) is 11.9 Å². The maximum absolute atomic E-state index is 12.5. The van der Waals surface area contributed by atoms with Crippen LogP contribution in [0.3, 0.4) is 0 Å². The van der Waals surface area contributed by atoms with Gasteiger partial charge in [0.1, 0.15) is 6.04 Å². The van der Waals surface area contributed by atoms with Gasteiger partial charge in [-0.1, -0.05) is 30.4 Å². The second-order valence-corrected chi connectivity index (χ2v) is 6.07. The normalized spacial score (nSPS) is 23.7. The van der Waals surface area contributed by atoms with E-state index in [-0.39, 0.29) is 17.9 Å². The Morgan fingerprint density at radius 2 is 2.00 bits per heavy atom. The van der Waals surface area contributed by atoms with E-state index in [1.54, 1.807) is 4.90 Å². The fraction of sp³-hybridized carbons (Fsp3) is 0.444. The maximum Gasteiger partial charge on any atom is 0.247 e. The molecule has 0 radical (unpaired) electrons. The van der Waals surface area contributed by atoms with Crippen molar-refractivity contribution in [2.24, 2.45) is 5.92 Å². The molecule has 4 nitrogen and oxygen atoms in total. The van der Waals surface area contributed by atoms with Gasteiger partial charge in [0.05, 0.1) is 0 Å². The smallest absolute Gasteiger partial charge is 0.247 e. The van der Waals surface area contributed by atoms with Crippen LogP contribution in [-0.2, 0) is 9.59 Å². The summed E-state index contributed by atoms with van der Waals surface area (Å²) in [5, 5.41) is 2.92. The van der Waals surface area contributed by atoms with E-state index in [1.807, 2.05) is 30.3 Å². The number of nitrogens with one attached hydrogen (secondary N) is 1. The third-order valence-electron chi connectivity index (χ3n) is 4.47. The molecule has 0 aromatic heterocycles. The molecule has 1 fully saturated rings. The van der Waals surface area contributed by atoms with Crippen molar-refractivity contribution in [1.29, 1.82) is 0 Å². The molecule has 4 heteroatoms. The lowest BCUT2D eigenvalue weighted by Gasteiger charge is -2.25. The number of hydrogen-bond acceptors (Lipinski definition) is 2. The van der Waals surface area contributed by atoms with Crippen molar-refractivity contribution in [3.63, 3.8) is 0 Å². The number of rotatable bonds is 4. The van der Waals surface area contributed by atoms with E-state index in [4.69, 9.17) is 0 Å². The van der Waals surface area contributed by atoms with Gasteiger partial charge in [-0.2, -0.15) is 0 Å². The molecule has 1 heterocycles. The minimum atomic E-state index is -0.321. The lowest BCUT2D eigenvalue weighted by Crippen LogP contribution is -2.43. The summed E-state index contributed by atoms with van der Waals surface area (Å²) >= 11 is 0. The minimum Gasteiger partial charge on any atom is -0.331 e. The standard InChI is InChI=1S/C18H22N2O2/c21-17(13-14-7-4-5-8-14)20-12-6-11-16(20)18(22)19-15-9-2-1-3-10-15/h1-4,7,9-10,14,16H,5-6,8,11-13H2,(H,19,22). The molecular formula is C18H22N2O2. The van der Waals surface area contributed by atoms with Crippen molar-refractivity contribution in [3.05, 3.63) is 42.5 Å². The molecule has 3 rings (SSSR count).